The zero-order valence-corrected chi connectivity index (χ0v) is 10.5. The summed E-state index contributed by atoms with van der Waals surface area (Å²) in [5, 5.41) is 11.4. The fourth-order valence-electron chi connectivity index (χ4n) is 1.23. The maximum atomic E-state index is 5.56. The molecule has 0 aromatic carbocycles. The summed E-state index contributed by atoms with van der Waals surface area (Å²) >= 11 is 9.55. The third-order valence-corrected chi connectivity index (χ3v) is 5.02. The molecule has 1 aromatic heterocycles. The Morgan fingerprint density at radius 2 is 2.40 bits per heavy atom. The van der Waals surface area contributed by atoms with E-state index in [1.54, 1.807) is 0 Å². The Labute approximate surface area is 102 Å². The molecule has 1 saturated heterocycles. The molecule has 0 bridgehead atoms. The van der Waals surface area contributed by atoms with Crippen molar-refractivity contribution in [3.05, 3.63) is 5.89 Å². The Kier molecular flexibility index (Phi) is 4.46. The van der Waals surface area contributed by atoms with Gasteiger partial charge < -0.3 is 9.73 Å². The van der Waals surface area contributed by atoms with E-state index in [1.807, 2.05) is 23.5 Å². The molecule has 15 heavy (non-hydrogen) atoms. The van der Waals surface area contributed by atoms with E-state index in [0.717, 1.165) is 6.54 Å². The minimum Gasteiger partial charge on any atom is -0.407 e. The van der Waals surface area contributed by atoms with Crippen molar-refractivity contribution in [2.24, 2.45) is 0 Å². The predicted octanol–water partition coefficient (Wildman–Crippen LogP) is 2.07. The summed E-state index contributed by atoms with van der Waals surface area (Å²) in [6, 6.07) is 0.474. The summed E-state index contributed by atoms with van der Waals surface area (Å²) in [6.07, 6.45) is 0. The van der Waals surface area contributed by atoms with E-state index in [9.17, 15) is 0 Å². The standard InChI is InChI=1S/C8H12ClN3OS2/c9-3-7-11-12-8(13-7)10-4-6-5-14-1-2-15-6/h6H,1-5H2,(H,10,12). The van der Waals surface area contributed by atoms with E-state index in [2.05, 4.69) is 15.5 Å². The summed E-state index contributed by atoms with van der Waals surface area (Å²) in [5.74, 6) is 4.41. The molecular weight excluding hydrogens is 254 g/mol. The van der Waals surface area contributed by atoms with Gasteiger partial charge >= 0.3 is 6.01 Å². The number of aromatic nitrogens is 2. The van der Waals surface area contributed by atoms with Gasteiger partial charge in [0.15, 0.2) is 0 Å². The number of alkyl halides is 1. The van der Waals surface area contributed by atoms with Crippen LogP contribution in [0.15, 0.2) is 4.42 Å². The number of halogens is 1. The van der Waals surface area contributed by atoms with Crippen LogP contribution in [0.1, 0.15) is 5.89 Å². The molecule has 1 N–H and O–H groups in total. The maximum absolute atomic E-state index is 5.56. The minimum absolute atomic E-state index is 0.267. The van der Waals surface area contributed by atoms with Gasteiger partial charge in [0.2, 0.25) is 5.89 Å². The highest BCUT2D eigenvalue weighted by Gasteiger charge is 2.15. The van der Waals surface area contributed by atoms with Crippen molar-refractivity contribution in [1.29, 1.82) is 0 Å². The Hall–Kier alpha value is -0.0700. The van der Waals surface area contributed by atoms with Crippen LogP contribution in [-0.4, -0.2) is 39.3 Å². The molecule has 0 saturated carbocycles. The fourth-order valence-corrected chi connectivity index (χ4v) is 3.95. The predicted molar refractivity (Wildman–Crippen MR) is 65.9 cm³/mol. The van der Waals surface area contributed by atoms with Crippen molar-refractivity contribution in [2.45, 2.75) is 11.1 Å². The fraction of sp³-hybridized carbons (Fsp3) is 0.750. The molecule has 1 atom stereocenters. The average molecular weight is 266 g/mol. The lowest BCUT2D eigenvalue weighted by Gasteiger charge is -2.20. The monoisotopic (exact) mass is 265 g/mol. The summed E-state index contributed by atoms with van der Waals surface area (Å²) in [4.78, 5) is 0. The normalized spacial score (nSPS) is 21.5. The van der Waals surface area contributed by atoms with Crippen LogP contribution in [0.4, 0.5) is 6.01 Å². The molecule has 2 rings (SSSR count). The zero-order chi connectivity index (χ0) is 10.5. The molecule has 0 aliphatic carbocycles. The van der Waals surface area contributed by atoms with Crippen LogP contribution in [0.3, 0.4) is 0 Å². The first kappa shape index (κ1) is 11.4. The van der Waals surface area contributed by atoms with Crippen molar-refractivity contribution in [3.8, 4) is 0 Å². The summed E-state index contributed by atoms with van der Waals surface area (Å²) in [5.41, 5.74) is 0. The summed E-state index contributed by atoms with van der Waals surface area (Å²) in [7, 11) is 0. The quantitative estimate of drug-likeness (QED) is 0.841. The lowest BCUT2D eigenvalue weighted by atomic mass is 10.5. The van der Waals surface area contributed by atoms with Gasteiger partial charge in [-0.05, 0) is 0 Å². The number of thioether (sulfide) groups is 2. The van der Waals surface area contributed by atoms with Gasteiger partial charge in [-0.1, -0.05) is 5.10 Å². The molecule has 0 amide bonds. The van der Waals surface area contributed by atoms with Gasteiger partial charge in [0.1, 0.15) is 5.88 Å². The lowest BCUT2D eigenvalue weighted by molar-refractivity contribution is 0.525. The van der Waals surface area contributed by atoms with Gasteiger partial charge in [-0.2, -0.15) is 23.5 Å². The largest absolute Gasteiger partial charge is 0.407 e. The Balaban J connectivity index is 1.76. The SMILES string of the molecule is ClCc1nnc(NCC2CSCCS2)o1. The molecular formula is C8H12ClN3OS2. The van der Waals surface area contributed by atoms with Crippen LogP contribution < -0.4 is 5.32 Å². The van der Waals surface area contributed by atoms with E-state index in [0.29, 0.717) is 17.2 Å². The third kappa shape index (κ3) is 3.46. The first-order valence-electron chi connectivity index (χ1n) is 4.70. The second kappa shape index (κ2) is 5.86. The van der Waals surface area contributed by atoms with E-state index >= 15 is 0 Å². The molecule has 1 aliphatic rings. The maximum Gasteiger partial charge on any atom is 0.315 e. The Morgan fingerprint density at radius 3 is 3.07 bits per heavy atom. The highest BCUT2D eigenvalue weighted by molar-refractivity contribution is 8.06. The molecule has 4 nitrogen and oxygen atoms in total. The van der Waals surface area contributed by atoms with E-state index in [4.69, 9.17) is 16.0 Å². The second-order valence-electron chi connectivity index (χ2n) is 3.08. The van der Waals surface area contributed by atoms with Crippen LogP contribution >= 0.6 is 35.1 Å². The smallest absolute Gasteiger partial charge is 0.315 e. The number of nitrogens with one attached hydrogen (secondary N) is 1. The van der Waals surface area contributed by atoms with Gasteiger partial charge in [-0.15, -0.1) is 16.7 Å². The number of hydrogen-bond donors (Lipinski definition) is 1. The molecule has 1 fully saturated rings. The van der Waals surface area contributed by atoms with Crippen LogP contribution in [0.5, 0.6) is 0 Å². The first-order chi connectivity index (χ1) is 7.38. The molecule has 1 aromatic rings. The van der Waals surface area contributed by atoms with Gasteiger partial charge in [-0.25, -0.2) is 0 Å². The Morgan fingerprint density at radius 1 is 1.47 bits per heavy atom. The highest BCUT2D eigenvalue weighted by atomic mass is 35.5. The molecule has 2 heterocycles. The van der Waals surface area contributed by atoms with Crippen molar-refractivity contribution >= 4 is 41.1 Å². The van der Waals surface area contributed by atoms with Gasteiger partial charge in [0.05, 0.1) is 0 Å². The van der Waals surface area contributed by atoms with Crippen molar-refractivity contribution in [2.75, 3.05) is 29.1 Å². The molecule has 84 valence electrons. The molecule has 0 spiro atoms. The van der Waals surface area contributed by atoms with Crippen molar-refractivity contribution in [3.63, 3.8) is 0 Å². The molecule has 1 aliphatic heterocycles. The highest BCUT2D eigenvalue weighted by Crippen LogP contribution is 2.24. The lowest BCUT2D eigenvalue weighted by Crippen LogP contribution is -2.23. The van der Waals surface area contributed by atoms with E-state index < -0.39 is 0 Å². The van der Waals surface area contributed by atoms with E-state index in [1.165, 1.54) is 17.3 Å². The summed E-state index contributed by atoms with van der Waals surface area (Å²) < 4.78 is 5.24. The van der Waals surface area contributed by atoms with Crippen molar-refractivity contribution < 1.29 is 4.42 Å². The zero-order valence-electron chi connectivity index (χ0n) is 8.11. The van der Waals surface area contributed by atoms with Gasteiger partial charge in [0, 0.05) is 29.1 Å². The first-order valence-corrected chi connectivity index (χ1v) is 7.44. The van der Waals surface area contributed by atoms with Crippen LogP contribution in [0, 0.1) is 0 Å². The van der Waals surface area contributed by atoms with Gasteiger partial charge in [-0.3, -0.25) is 0 Å². The molecule has 1 unspecified atom stereocenters. The van der Waals surface area contributed by atoms with Crippen LogP contribution in [0.2, 0.25) is 0 Å². The molecule has 7 heteroatoms. The molecule has 0 radical (unpaired) electrons. The third-order valence-electron chi connectivity index (χ3n) is 1.95. The van der Waals surface area contributed by atoms with Gasteiger partial charge in [0.25, 0.3) is 0 Å². The second-order valence-corrected chi connectivity index (χ2v) is 5.91. The number of rotatable bonds is 4. The average Bonchev–Trinajstić information content (AvgIpc) is 2.76. The van der Waals surface area contributed by atoms with E-state index in [-0.39, 0.29) is 5.88 Å². The van der Waals surface area contributed by atoms with Crippen molar-refractivity contribution in [1.82, 2.24) is 10.2 Å². The number of nitrogens with zero attached hydrogens (tertiary/aromatic N) is 2. The minimum atomic E-state index is 0.267. The number of hydrogen-bond acceptors (Lipinski definition) is 6. The van der Waals surface area contributed by atoms with Crippen LogP contribution in [-0.2, 0) is 5.88 Å². The van der Waals surface area contributed by atoms with Crippen LogP contribution in [0.25, 0.3) is 0 Å². The number of anilines is 1. The Bertz CT molecular complexity index is 304. The topological polar surface area (TPSA) is 51.0 Å². The summed E-state index contributed by atoms with van der Waals surface area (Å²) in [6.45, 7) is 0.877.